The van der Waals surface area contributed by atoms with Crippen LogP contribution in [0.1, 0.15) is 24.8 Å². The second-order valence-electron chi connectivity index (χ2n) is 4.72. The van der Waals surface area contributed by atoms with E-state index in [2.05, 4.69) is 10.3 Å². The Morgan fingerprint density at radius 1 is 1.39 bits per heavy atom. The van der Waals surface area contributed by atoms with Gasteiger partial charge in [-0.2, -0.15) is 0 Å². The highest BCUT2D eigenvalue weighted by Crippen LogP contribution is 2.52. The molecular formula is C13H13N3O2. The fraction of sp³-hybridized carbons (Fsp3) is 0.308. The third-order valence-electron chi connectivity index (χ3n) is 3.49. The predicted molar refractivity (Wildman–Crippen MR) is 64.5 cm³/mol. The molecule has 0 unspecified atom stereocenters. The maximum Gasteiger partial charge on any atom is 0.304 e. The number of aliphatic carboxylic acids is 1. The first-order chi connectivity index (χ1) is 8.71. The Labute approximate surface area is 104 Å². The molecular weight excluding hydrogens is 230 g/mol. The van der Waals surface area contributed by atoms with Crippen LogP contribution in [0.4, 0.5) is 0 Å². The molecule has 0 aliphatic heterocycles. The van der Waals surface area contributed by atoms with Gasteiger partial charge < -0.3 is 5.11 Å². The molecule has 5 heteroatoms. The van der Waals surface area contributed by atoms with Crippen LogP contribution >= 0.6 is 0 Å². The van der Waals surface area contributed by atoms with Crippen molar-refractivity contribution in [3.8, 4) is 5.69 Å². The lowest BCUT2D eigenvalue weighted by molar-refractivity contribution is -0.137. The number of nitrogens with zero attached hydrogens (tertiary/aromatic N) is 3. The number of carbonyl (C=O) groups is 1. The van der Waals surface area contributed by atoms with Crippen molar-refractivity contribution in [2.75, 3.05) is 0 Å². The molecule has 1 aromatic heterocycles. The van der Waals surface area contributed by atoms with E-state index in [4.69, 9.17) is 5.11 Å². The zero-order chi connectivity index (χ0) is 12.6. The van der Waals surface area contributed by atoms with Gasteiger partial charge in [-0.25, -0.2) is 4.68 Å². The summed E-state index contributed by atoms with van der Waals surface area (Å²) >= 11 is 0. The number of hydrogen-bond donors (Lipinski definition) is 1. The summed E-state index contributed by atoms with van der Waals surface area (Å²) in [5.41, 5.74) is 1.76. The summed E-state index contributed by atoms with van der Waals surface area (Å²) in [6.07, 6.45) is 5.41. The van der Waals surface area contributed by atoms with Crippen molar-refractivity contribution < 1.29 is 9.90 Å². The van der Waals surface area contributed by atoms with Gasteiger partial charge in [0.1, 0.15) is 0 Å². The largest absolute Gasteiger partial charge is 0.481 e. The van der Waals surface area contributed by atoms with Crippen LogP contribution in [0, 0.1) is 0 Å². The molecule has 1 heterocycles. The molecule has 1 aliphatic rings. The third kappa shape index (κ3) is 1.77. The topological polar surface area (TPSA) is 68.0 Å². The molecule has 0 amide bonds. The highest BCUT2D eigenvalue weighted by molar-refractivity contribution is 5.71. The molecule has 0 saturated heterocycles. The lowest BCUT2D eigenvalue weighted by Gasteiger charge is -2.17. The first kappa shape index (κ1) is 11.0. The Morgan fingerprint density at radius 2 is 2.17 bits per heavy atom. The summed E-state index contributed by atoms with van der Waals surface area (Å²) in [7, 11) is 0. The molecule has 5 nitrogen and oxygen atoms in total. The quantitative estimate of drug-likeness (QED) is 0.888. The summed E-state index contributed by atoms with van der Waals surface area (Å²) in [5, 5.41) is 16.8. The highest BCUT2D eigenvalue weighted by atomic mass is 16.4. The van der Waals surface area contributed by atoms with Crippen LogP contribution in [0.3, 0.4) is 0 Å². The average molecular weight is 243 g/mol. The zero-order valence-electron chi connectivity index (χ0n) is 9.78. The van der Waals surface area contributed by atoms with E-state index in [0.29, 0.717) is 0 Å². The number of para-hydroxylation sites is 1. The van der Waals surface area contributed by atoms with Gasteiger partial charge in [0, 0.05) is 5.41 Å². The van der Waals surface area contributed by atoms with Gasteiger partial charge in [-0.1, -0.05) is 23.4 Å². The Balaban J connectivity index is 2.05. The maximum absolute atomic E-state index is 11.0. The van der Waals surface area contributed by atoms with Crippen LogP contribution in [0.2, 0.25) is 0 Å². The van der Waals surface area contributed by atoms with E-state index in [1.165, 1.54) is 0 Å². The first-order valence-corrected chi connectivity index (χ1v) is 5.89. The molecule has 1 N–H and O–H groups in total. The zero-order valence-corrected chi connectivity index (χ0v) is 9.78. The van der Waals surface area contributed by atoms with Crippen LogP contribution in [0.15, 0.2) is 36.7 Å². The first-order valence-electron chi connectivity index (χ1n) is 5.89. The highest BCUT2D eigenvalue weighted by Gasteiger charge is 2.47. The second kappa shape index (κ2) is 3.94. The SMILES string of the molecule is O=C(O)CC1(c2ccccc2-n2ccnn2)CC1. The van der Waals surface area contributed by atoms with Gasteiger partial charge in [0.15, 0.2) is 0 Å². The van der Waals surface area contributed by atoms with Gasteiger partial charge in [-0.05, 0) is 24.5 Å². The van der Waals surface area contributed by atoms with Crippen molar-refractivity contribution in [2.24, 2.45) is 0 Å². The van der Waals surface area contributed by atoms with E-state index in [0.717, 1.165) is 24.1 Å². The Bertz CT molecular complexity index is 574. The Hall–Kier alpha value is -2.17. The molecule has 1 fully saturated rings. The predicted octanol–water partition coefficient (Wildman–Crippen LogP) is 1.77. The molecule has 0 radical (unpaired) electrons. The average Bonchev–Trinajstić information content (AvgIpc) is 2.93. The lowest BCUT2D eigenvalue weighted by Crippen LogP contribution is -2.16. The second-order valence-corrected chi connectivity index (χ2v) is 4.72. The summed E-state index contributed by atoms with van der Waals surface area (Å²) in [4.78, 5) is 11.0. The van der Waals surface area contributed by atoms with Crippen LogP contribution in [0.5, 0.6) is 0 Å². The summed E-state index contributed by atoms with van der Waals surface area (Å²) in [6.45, 7) is 0. The van der Waals surface area contributed by atoms with Gasteiger partial charge in [-0.15, -0.1) is 5.10 Å². The smallest absolute Gasteiger partial charge is 0.304 e. The van der Waals surface area contributed by atoms with E-state index in [1.54, 1.807) is 17.1 Å². The monoisotopic (exact) mass is 243 g/mol. The number of carboxylic acid groups (broad SMARTS) is 1. The fourth-order valence-corrected chi connectivity index (χ4v) is 2.44. The van der Waals surface area contributed by atoms with Crippen molar-refractivity contribution in [1.29, 1.82) is 0 Å². The van der Waals surface area contributed by atoms with E-state index >= 15 is 0 Å². The number of carboxylic acids is 1. The molecule has 0 atom stereocenters. The standard InChI is InChI=1S/C13H13N3O2/c17-12(18)9-13(5-6-13)10-3-1-2-4-11(10)16-8-7-14-15-16/h1-4,7-8H,5-6,9H2,(H,17,18). The van der Waals surface area contributed by atoms with E-state index < -0.39 is 5.97 Å². The summed E-state index contributed by atoms with van der Waals surface area (Å²) in [5.74, 6) is -0.749. The molecule has 1 aromatic carbocycles. The van der Waals surface area contributed by atoms with Crippen molar-refractivity contribution >= 4 is 5.97 Å². The molecule has 0 spiro atoms. The van der Waals surface area contributed by atoms with Gasteiger partial charge >= 0.3 is 5.97 Å². The Kier molecular flexibility index (Phi) is 2.40. The van der Waals surface area contributed by atoms with Crippen LogP contribution in [-0.2, 0) is 10.2 Å². The van der Waals surface area contributed by atoms with Crippen LogP contribution in [0.25, 0.3) is 5.69 Å². The number of rotatable bonds is 4. The normalized spacial score (nSPS) is 16.4. The number of aromatic nitrogens is 3. The lowest BCUT2D eigenvalue weighted by atomic mass is 9.91. The number of hydrogen-bond acceptors (Lipinski definition) is 3. The van der Waals surface area contributed by atoms with Gasteiger partial charge in [0.05, 0.1) is 24.5 Å². The van der Waals surface area contributed by atoms with E-state index in [1.807, 2.05) is 24.3 Å². The van der Waals surface area contributed by atoms with Gasteiger partial charge in [-0.3, -0.25) is 4.79 Å². The van der Waals surface area contributed by atoms with E-state index in [9.17, 15) is 4.79 Å². The molecule has 18 heavy (non-hydrogen) atoms. The molecule has 1 aliphatic carbocycles. The minimum absolute atomic E-state index is 0.179. The Morgan fingerprint density at radius 3 is 2.78 bits per heavy atom. The number of benzene rings is 1. The van der Waals surface area contributed by atoms with Crippen LogP contribution < -0.4 is 0 Å². The minimum Gasteiger partial charge on any atom is -0.481 e. The molecule has 3 rings (SSSR count). The summed E-state index contributed by atoms with van der Waals surface area (Å²) in [6, 6.07) is 7.81. The van der Waals surface area contributed by atoms with Crippen LogP contribution in [-0.4, -0.2) is 26.1 Å². The molecule has 92 valence electrons. The molecule has 2 aromatic rings. The molecule has 0 bridgehead atoms. The van der Waals surface area contributed by atoms with Crippen molar-refractivity contribution in [3.63, 3.8) is 0 Å². The van der Waals surface area contributed by atoms with E-state index in [-0.39, 0.29) is 11.8 Å². The minimum atomic E-state index is -0.749. The fourth-order valence-electron chi connectivity index (χ4n) is 2.44. The van der Waals surface area contributed by atoms with Crippen molar-refractivity contribution in [2.45, 2.75) is 24.7 Å². The molecule has 1 saturated carbocycles. The summed E-state index contributed by atoms with van der Waals surface area (Å²) < 4.78 is 1.69. The maximum atomic E-state index is 11.0. The van der Waals surface area contributed by atoms with Gasteiger partial charge in [0.25, 0.3) is 0 Å². The van der Waals surface area contributed by atoms with Crippen molar-refractivity contribution in [3.05, 3.63) is 42.2 Å². The van der Waals surface area contributed by atoms with Crippen molar-refractivity contribution in [1.82, 2.24) is 15.0 Å². The van der Waals surface area contributed by atoms with Gasteiger partial charge in [0.2, 0.25) is 0 Å². The third-order valence-corrected chi connectivity index (χ3v) is 3.49.